The number of carbonyl (C=O) groups excluding carboxylic acids is 1. The maximum absolute atomic E-state index is 12.8. The minimum Gasteiger partial charge on any atom is -0.383 e. The van der Waals surface area contributed by atoms with Gasteiger partial charge in [0.05, 0.1) is 11.4 Å². The van der Waals surface area contributed by atoms with Crippen molar-refractivity contribution in [3.05, 3.63) is 47.5 Å². The van der Waals surface area contributed by atoms with Gasteiger partial charge in [-0.1, -0.05) is 19.9 Å². The van der Waals surface area contributed by atoms with Crippen LogP contribution in [0.3, 0.4) is 0 Å². The number of piperidine rings is 1. The summed E-state index contributed by atoms with van der Waals surface area (Å²) >= 11 is 0. The van der Waals surface area contributed by atoms with Crippen LogP contribution in [0, 0.1) is 5.92 Å². The molecule has 2 aromatic heterocycles. The van der Waals surface area contributed by atoms with Crippen molar-refractivity contribution >= 4 is 5.91 Å². The van der Waals surface area contributed by atoms with Crippen molar-refractivity contribution in [1.29, 1.82) is 0 Å². The number of aryl methyl sites for hydroxylation is 1. The zero-order valence-electron chi connectivity index (χ0n) is 15.1. The Morgan fingerprint density at radius 1 is 1.32 bits per heavy atom. The molecule has 3 heterocycles. The van der Waals surface area contributed by atoms with Crippen LogP contribution in [-0.4, -0.2) is 43.8 Å². The second-order valence-corrected chi connectivity index (χ2v) is 7.28. The van der Waals surface area contributed by atoms with Crippen LogP contribution in [0.1, 0.15) is 48.6 Å². The van der Waals surface area contributed by atoms with Gasteiger partial charge in [0.2, 0.25) is 0 Å². The van der Waals surface area contributed by atoms with Crippen LogP contribution in [0.2, 0.25) is 0 Å². The van der Waals surface area contributed by atoms with Crippen LogP contribution in [-0.2, 0) is 19.1 Å². The molecule has 25 heavy (non-hydrogen) atoms. The van der Waals surface area contributed by atoms with Crippen molar-refractivity contribution in [2.45, 2.75) is 38.7 Å². The number of aliphatic hydroxyl groups is 1. The Balaban J connectivity index is 1.69. The van der Waals surface area contributed by atoms with E-state index >= 15 is 0 Å². The van der Waals surface area contributed by atoms with E-state index in [2.05, 4.69) is 23.9 Å². The van der Waals surface area contributed by atoms with Crippen molar-refractivity contribution in [2.75, 3.05) is 13.1 Å². The van der Waals surface area contributed by atoms with Crippen LogP contribution in [0.4, 0.5) is 0 Å². The average Bonchev–Trinajstić information content (AvgIpc) is 2.95. The first-order valence-corrected chi connectivity index (χ1v) is 8.85. The van der Waals surface area contributed by atoms with Gasteiger partial charge in [-0.15, -0.1) is 0 Å². The summed E-state index contributed by atoms with van der Waals surface area (Å²) in [6, 6.07) is 7.45. The molecule has 6 nitrogen and oxygen atoms in total. The molecule has 0 atom stereocenters. The Labute approximate surface area is 148 Å². The summed E-state index contributed by atoms with van der Waals surface area (Å²) in [5.74, 6) is 0.481. The van der Waals surface area contributed by atoms with Crippen LogP contribution in [0.25, 0.3) is 0 Å². The lowest BCUT2D eigenvalue weighted by Gasteiger charge is -2.37. The molecule has 0 aromatic carbocycles. The smallest absolute Gasteiger partial charge is 0.272 e. The van der Waals surface area contributed by atoms with Gasteiger partial charge < -0.3 is 10.0 Å². The second kappa shape index (κ2) is 6.96. The van der Waals surface area contributed by atoms with Gasteiger partial charge in [0.15, 0.2) is 0 Å². The Morgan fingerprint density at radius 2 is 2.04 bits per heavy atom. The zero-order chi connectivity index (χ0) is 18.0. The number of hydrogen-bond acceptors (Lipinski definition) is 4. The highest BCUT2D eigenvalue weighted by molar-refractivity contribution is 5.92. The van der Waals surface area contributed by atoms with Gasteiger partial charge in [-0.25, -0.2) is 0 Å². The fourth-order valence-electron chi connectivity index (χ4n) is 3.38. The molecule has 0 radical (unpaired) electrons. The fourth-order valence-corrected chi connectivity index (χ4v) is 3.38. The molecule has 6 heteroatoms. The molecule has 3 rings (SSSR count). The quantitative estimate of drug-likeness (QED) is 0.924. The number of rotatable bonds is 4. The Bertz CT molecular complexity index is 731. The van der Waals surface area contributed by atoms with Crippen molar-refractivity contribution in [3.63, 3.8) is 0 Å². The predicted octanol–water partition coefficient (Wildman–Crippen LogP) is 2.14. The molecule has 1 fully saturated rings. The maximum atomic E-state index is 12.8. The van der Waals surface area contributed by atoms with E-state index < -0.39 is 5.60 Å². The van der Waals surface area contributed by atoms with E-state index in [-0.39, 0.29) is 5.91 Å². The lowest BCUT2D eigenvalue weighted by Crippen LogP contribution is -2.45. The average molecular weight is 342 g/mol. The van der Waals surface area contributed by atoms with E-state index in [4.69, 9.17) is 0 Å². The first-order valence-electron chi connectivity index (χ1n) is 8.85. The van der Waals surface area contributed by atoms with E-state index in [9.17, 15) is 9.90 Å². The van der Waals surface area contributed by atoms with Gasteiger partial charge in [-0.3, -0.25) is 14.5 Å². The SMILES string of the molecule is CC(C)Cc1cc(C(=O)N2CCC(O)(c3ccccn3)CC2)n(C)n1. The number of nitrogens with zero attached hydrogens (tertiary/aromatic N) is 4. The van der Waals surface area contributed by atoms with Crippen molar-refractivity contribution in [2.24, 2.45) is 13.0 Å². The van der Waals surface area contributed by atoms with E-state index in [0.29, 0.717) is 43.2 Å². The van der Waals surface area contributed by atoms with Crippen molar-refractivity contribution < 1.29 is 9.90 Å². The molecular weight excluding hydrogens is 316 g/mol. The number of hydrogen-bond donors (Lipinski definition) is 1. The third kappa shape index (κ3) is 3.74. The summed E-state index contributed by atoms with van der Waals surface area (Å²) in [5.41, 5.74) is 1.29. The Morgan fingerprint density at radius 3 is 2.64 bits per heavy atom. The molecule has 2 aromatic rings. The monoisotopic (exact) mass is 342 g/mol. The minimum absolute atomic E-state index is 0.0203. The number of pyridine rings is 1. The fraction of sp³-hybridized carbons (Fsp3) is 0.526. The van der Waals surface area contributed by atoms with Gasteiger partial charge in [0.1, 0.15) is 11.3 Å². The normalized spacial score (nSPS) is 17.1. The Hall–Kier alpha value is -2.21. The van der Waals surface area contributed by atoms with Crippen LogP contribution in [0.15, 0.2) is 30.5 Å². The molecular formula is C19H26N4O2. The summed E-state index contributed by atoms with van der Waals surface area (Å²) in [6.45, 7) is 5.30. The highest BCUT2D eigenvalue weighted by Gasteiger charge is 2.37. The summed E-state index contributed by atoms with van der Waals surface area (Å²) in [6.07, 6.45) is 3.54. The zero-order valence-corrected chi connectivity index (χ0v) is 15.1. The van der Waals surface area contributed by atoms with Crippen LogP contribution in [0.5, 0.6) is 0 Å². The molecule has 1 aliphatic rings. The van der Waals surface area contributed by atoms with Gasteiger partial charge in [-0.2, -0.15) is 5.10 Å². The molecule has 0 saturated carbocycles. The van der Waals surface area contributed by atoms with Gasteiger partial charge >= 0.3 is 0 Å². The first-order chi connectivity index (χ1) is 11.9. The number of amides is 1. The number of aromatic nitrogens is 3. The predicted molar refractivity (Wildman–Crippen MR) is 95.0 cm³/mol. The molecule has 1 saturated heterocycles. The highest BCUT2D eigenvalue weighted by Crippen LogP contribution is 2.31. The van der Waals surface area contributed by atoms with Crippen LogP contribution < -0.4 is 0 Å². The lowest BCUT2D eigenvalue weighted by molar-refractivity contribution is -0.0246. The number of likely N-dealkylation sites (tertiary alicyclic amines) is 1. The third-order valence-corrected chi connectivity index (χ3v) is 4.79. The van der Waals surface area contributed by atoms with Crippen molar-refractivity contribution in [1.82, 2.24) is 19.7 Å². The van der Waals surface area contributed by atoms with Crippen molar-refractivity contribution in [3.8, 4) is 0 Å². The number of carbonyl (C=O) groups is 1. The first kappa shape index (κ1) is 17.6. The second-order valence-electron chi connectivity index (χ2n) is 7.28. The van der Waals surface area contributed by atoms with E-state index in [1.54, 1.807) is 15.8 Å². The summed E-state index contributed by atoms with van der Waals surface area (Å²) in [7, 11) is 1.81. The van der Waals surface area contributed by atoms with Crippen LogP contribution >= 0.6 is 0 Å². The highest BCUT2D eigenvalue weighted by atomic mass is 16.3. The molecule has 1 N–H and O–H groups in total. The van der Waals surface area contributed by atoms with E-state index in [1.807, 2.05) is 31.3 Å². The largest absolute Gasteiger partial charge is 0.383 e. The van der Waals surface area contributed by atoms with Gasteiger partial charge in [-0.05, 0) is 43.4 Å². The molecule has 1 amide bonds. The summed E-state index contributed by atoms with van der Waals surface area (Å²) in [5, 5.41) is 15.3. The van der Waals surface area contributed by atoms with E-state index in [1.165, 1.54) is 0 Å². The molecule has 0 spiro atoms. The van der Waals surface area contributed by atoms with E-state index in [0.717, 1.165) is 12.1 Å². The topological polar surface area (TPSA) is 71.2 Å². The standard InChI is InChI=1S/C19H26N4O2/c1-14(2)12-15-13-16(22(3)21-15)18(24)23-10-7-19(25,8-11-23)17-6-4-5-9-20-17/h4-6,9,13-14,25H,7-8,10-12H2,1-3H3. The summed E-state index contributed by atoms with van der Waals surface area (Å²) < 4.78 is 1.67. The molecule has 0 bridgehead atoms. The lowest BCUT2D eigenvalue weighted by atomic mass is 9.87. The summed E-state index contributed by atoms with van der Waals surface area (Å²) in [4.78, 5) is 18.9. The third-order valence-electron chi connectivity index (χ3n) is 4.79. The minimum atomic E-state index is -0.951. The van der Waals surface area contributed by atoms with Gasteiger partial charge in [0, 0.05) is 26.3 Å². The van der Waals surface area contributed by atoms with Gasteiger partial charge in [0.25, 0.3) is 5.91 Å². The Kier molecular flexibility index (Phi) is 4.90. The molecule has 1 aliphatic heterocycles. The molecule has 0 unspecified atom stereocenters. The molecule has 0 aliphatic carbocycles. The maximum Gasteiger partial charge on any atom is 0.272 e. The molecule has 134 valence electrons.